The Hall–Kier alpha value is -1.34. The maximum Gasteiger partial charge on any atom is 0.253 e. The lowest BCUT2D eigenvalue weighted by molar-refractivity contribution is -0.137. The first kappa shape index (κ1) is 24.7. The molecule has 28 heavy (non-hydrogen) atoms. The Morgan fingerprint density at radius 3 is 2.50 bits per heavy atom. The number of nitrogens with two attached hydrogens (primary N) is 1. The van der Waals surface area contributed by atoms with E-state index in [4.69, 9.17) is 22.1 Å². The van der Waals surface area contributed by atoms with Crippen LogP contribution in [0, 0.1) is 5.92 Å². The van der Waals surface area contributed by atoms with E-state index in [2.05, 4.69) is 5.32 Å². The van der Waals surface area contributed by atoms with E-state index in [1.807, 2.05) is 18.7 Å². The summed E-state index contributed by atoms with van der Waals surface area (Å²) in [6.45, 7) is 6.42. The average molecular weight is 432 g/mol. The Morgan fingerprint density at radius 2 is 1.93 bits per heavy atom. The molecule has 1 aliphatic rings. The van der Waals surface area contributed by atoms with Gasteiger partial charge in [-0.25, -0.2) is 0 Å². The Kier molecular flexibility index (Phi) is 10.8. The van der Waals surface area contributed by atoms with Crippen LogP contribution in [0.4, 0.5) is 0 Å². The molecule has 2 rings (SSSR count). The number of nitrogens with zero attached hydrogens (tertiary/aromatic N) is 1. The lowest BCUT2D eigenvalue weighted by Crippen LogP contribution is -2.53. The van der Waals surface area contributed by atoms with E-state index in [0.717, 1.165) is 19.3 Å². The van der Waals surface area contributed by atoms with Gasteiger partial charge in [0.15, 0.2) is 0 Å². The maximum atomic E-state index is 13.0. The third kappa shape index (κ3) is 6.92. The number of ether oxygens (including phenoxy) is 1. The van der Waals surface area contributed by atoms with Crippen molar-refractivity contribution in [2.45, 2.75) is 45.3 Å². The molecule has 1 aliphatic heterocycles. The molecule has 1 heterocycles. The summed E-state index contributed by atoms with van der Waals surface area (Å²) in [6.07, 6.45) is 2.64. The van der Waals surface area contributed by atoms with E-state index in [1.165, 1.54) is 0 Å². The highest BCUT2D eigenvalue weighted by molar-refractivity contribution is 6.33. The Labute approximate surface area is 178 Å². The van der Waals surface area contributed by atoms with Crippen molar-refractivity contribution in [3.05, 3.63) is 34.9 Å². The van der Waals surface area contributed by atoms with Gasteiger partial charge in [-0.05, 0) is 43.9 Å². The number of carbonyl (C=O) groups is 2. The summed E-state index contributed by atoms with van der Waals surface area (Å²) in [6, 6.07) is 6.26. The van der Waals surface area contributed by atoms with Gasteiger partial charge in [0.2, 0.25) is 5.91 Å². The molecule has 1 unspecified atom stereocenters. The summed E-state index contributed by atoms with van der Waals surface area (Å²) in [5, 5.41) is 3.24. The number of halogens is 2. The predicted molar refractivity (Wildman–Crippen MR) is 114 cm³/mol. The van der Waals surface area contributed by atoms with Crippen molar-refractivity contribution in [3.8, 4) is 0 Å². The van der Waals surface area contributed by atoms with Crippen molar-refractivity contribution in [1.82, 2.24) is 10.2 Å². The van der Waals surface area contributed by atoms with Crippen LogP contribution in [0.25, 0.3) is 0 Å². The molecule has 158 valence electrons. The molecule has 0 aliphatic carbocycles. The predicted octanol–water partition coefficient (Wildman–Crippen LogP) is 2.87. The lowest BCUT2D eigenvalue weighted by Gasteiger charge is -2.35. The van der Waals surface area contributed by atoms with Crippen molar-refractivity contribution in [1.29, 1.82) is 0 Å². The van der Waals surface area contributed by atoms with Crippen LogP contribution in [-0.4, -0.2) is 55.1 Å². The van der Waals surface area contributed by atoms with Gasteiger partial charge in [0.25, 0.3) is 5.91 Å². The number of hydrogen-bond donors (Lipinski definition) is 2. The zero-order chi connectivity index (χ0) is 19.8. The molecule has 1 atom stereocenters. The highest BCUT2D eigenvalue weighted by Crippen LogP contribution is 2.19. The third-order valence-electron chi connectivity index (χ3n) is 4.79. The molecule has 1 aromatic rings. The largest absolute Gasteiger partial charge is 0.378 e. The fourth-order valence-electron chi connectivity index (χ4n) is 3.15. The van der Waals surface area contributed by atoms with Crippen LogP contribution in [0.1, 0.15) is 43.5 Å². The second kappa shape index (κ2) is 12.3. The van der Waals surface area contributed by atoms with Gasteiger partial charge in [-0.3, -0.25) is 9.59 Å². The number of nitrogens with one attached hydrogen (secondary N) is 1. The minimum Gasteiger partial charge on any atom is -0.378 e. The van der Waals surface area contributed by atoms with Gasteiger partial charge in [0.1, 0.15) is 6.04 Å². The summed E-state index contributed by atoms with van der Waals surface area (Å²) in [5.74, 6) is -0.402. The molecule has 1 saturated heterocycles. The van der Waals surface area contributed by atoms with E-state index in [-0.39, 0.29) is 36.2 Å². The van der Waals surface area contributed by atoms with Crippen molar-refractivity contribution < 1.29 is 14.3 Å². The average Bonchev–Trinajstić information content (AvgIpc) is 2.66. The van der Waals surface area contributed by atoms with Crippen molar-refractivity contribution in [3.63, 3.8) is 0 Å². The molecule has 1 aromatic carbocycles. The smallest absolute Gasteiger partial charge is 0.253 e. The normalized spacial score (nSPS) is 15.8. The Morgan fingerprint density at radius 1 is 1.29 bits per heavy atom. The molecular formula is C20H31Cl2N3O3. The van der Waals surface area contributed by atoms with Crippen LogP contribution in [-0.2, 0) is 9.53 Å². The number of piperidine rings is 1. The fraction of sp³-hybridized carbons (Fsp3) is 0.600. The standard InChI is InChI=1S/C20H30ClN3O3.ClH/c1-14(2)18(23-19(25)16-6-3-4-7-17(16)21)20(26)24-11-8-15(9-12-24)27-13-5-10-22;/h3-4,6-7,14-15,18H,5,8-13,22H2,1-2H3,(H,23,25);1H. The van der Waals surface area contributed by atoms with Crippen LogP contribution in [0.15, 0.2) is 24.3 Å². The second-order valence-electron chi connectivity index (χ2n) is 7.21. The molecular weight excluding hydrogens is 401 g/mol. The second-order valence-corrected chi connectivity index (χ2v) is 7.62. The van der Waals surface area contributed by atoms with Crippen LogP contribution in [0.2, 0.25) is 5.02 Å². The van der Waals surface area contributed by atoms with Crippen molar-refractivity contribution >= 4 is 35.8 Å². The van der Waals surface area contributed by atoms with Gasteiger partial charge >= 0.3 is 0 Å². The van der Waals surface area contributed by atoms with E-state index in [9.17, 15) is 9.59 Å². The number of rotatable bonds is 8. The molecule has 0 aromatic heterocycles. The van der Waals surface area contributed by atoms with Crippen LogP contribution in [0.5, 0.6) is 0 Å². The molecule has 6 nitrogen and oxygen atoms in total. The van der Waals surface area contributed by atoms with Crippen LogP contribution >= 0.6 is 24.0 Å². The van der Waals surface area contributed by atoms with Crippen LogP contribution in [0.3, 0.4) is 0 Å². The zero-order valence-electron chi connectivity index (χ0n) is 16.5. The Bertz CT molecular complexity index is 635. The number of likely N-dealkylation sites (tertiary alicyclic amines) is 1. The van der Waals surface area contributed by atoms with Gasteiger partial charge in [0, 0.05) is 19.7 Å². The molecule has 0 spiro atoms. The molecule has 0 bridgehead atoms. The van der Waals surface area contributed by atoms with Gasteiger partial charge in [0.05, 0.1) is 16.7 Å². The highest BCUT2D eigenvalue weighted by atomic mass is 35.5. The van der Waals surface area contributed by atoms with Gasteiger partial charge < -0.3 is 20.7 Å². The number of carbonyl (C=O) groups excluding carboxylic acids is 2. The fourth-order valence-corrected chi connectivity index (χ4v) is 3.37. The molecule has 3 N–H and O–H groups in total. The summed E-state index contributed by atoms with van der Waals surface area (Å²) >= 11 is 6.10. The maximum absolute atomic E-state index is 13.0. The summed E-state index contributed by atoms with van der Waals surface area (Å²) in [7, 11) is 0. The molecule has 1 fully saturated rings. The number of amides is 2. The van der Waals surface area contributed by atoms with E-state index in [1.54, 1.807) is 24.3 Å². The number of benzene rings is 1. The minimum atomic E-state index is -0.580. The zero-order valence-corrected chi connectivity index (χ0v) is 18.1. The van der Waals surface area contributed by atoms with E-state index in [0.29, 0.717) is 36.8 Å². The summed E-state index contributed by atoms with van der Waals surface area (Å²) < 4.78 is 5.79. The number of hydrogen-bond acceptors (Lipinski definition) is 4. The Balaban J connectivity index is 0.00000392. The molecule has 8 heteroatoms. The lowest BCUT2D eigenvalue weighted by atomic mass is 10.00. The van der Waals surface area contributed by atoms with E-state index >= 15 is 0 Å². The SMILES string of the molecule is CC(C)C(NC(=O)c1ccccc1Cl)C(=O)N1CCC(OCCCN)CC1.Cl. The van der Waals surface area contributed by atoms with Crippen LogP contribution < -0.4 is 11.1 Å². The van der Waals surface area contributed by atoms with E-state index < -0.39 is 6.04 Å². The topological polar surface area (TPSA) is 84.7 Å². The highest BCUT2D eigenvalue weighted by Gasteiger charge is 2.31. The summed E-state index contributed by atoms with van der Waals surface area (Å²) in [5.41, 5.74) is 5.86. The first-order chi connectivity index (χ1) is 12.9. The molecule has 0 saturated carbocycles. The first-order valence-corrected chi connectivity index (χ1v) is 9.97. The van der Waals surface area contributed by atoms with Crippen molar-refractivity contribution in [2.24, 2.45) is 11.7 Å². The quantitative estimate of drug-likeness (QED) is 0.619. The molecule has 2 amide bonds. The molecule has 0 radical (unpaired) electrons. The van der Waals surface area contributed by atoms with Crippen molar-refractivity contribution in [2.75, 3.05) is 26.2 Å². The van der Waals surface area contributed by atoms with Gasteiger partial charge in [-0.1, -0.05) is 37.6 Å². The third-order valence-corrected chi connectivity index (χ3v) is 5.12. The summed E-state index contributed by atoms with van der Waals surface area (Å²) in [4.78, 5) is 27.4. The minimum absolute atomic E-state index is 0. The van der Waals surface area contributed by atoms with Gasteiger partial charge in [-0.2, -0.15) is 0 Å². The monoisotopic (exact) mass is 431 g/mol. The van der Waals surface area contributed by atoms with Gasteiger partial charge in [-0.15, -0.1) is 12.4 Å². The first-order valence-electron chi connectivity index (χ1n) is 9.60.